The molecular formula is C20H15F2N5O2. The molecule has 1 N–H and O–H groups in total. The van der Waals surface area contributed by atoms with Gasteiger partial charge in [-0.25, -0.2) is 23.7 Å². The van der Waals surface area contributed by atoms with Crippen molar-refractivity contribution in [1.29, 1.82) is 0 Å². The molecule has 1 amide bonds. The van der Waals surface area contributed by atoms with Gasteiger partial charge in [-0.1, -0.05) is 6.07 Å². The number of imidazole rings is 1. The number of amides is 1. The normalized spacial score (nSPS) is 10.8. The molecule has 0 atom stereocenters. The molecule has 0 bridgehead atoms. The van der Waals surface area contributed by atoms with Crippen molar-refractivity contribution in [2.45, 2.75) is 12.8 Å². The van der Waals surface area contributed by atoms with Crippen LogP contribution in [-0.2, 0) is 11.2 Å². The van der Waals surface area contributed by atoms with Gasteiger partial charge in [0.25, 0.3) is 0 Å². The number of aromatic nitrogens is 4. The Labute approximate surface area is 164 Å². The number of anilines is 1. The molecule has 0 fully saturated rings. The predicted octanol–water partition coefficient (Wildman–Crippen LogP) is 3.77. The Bertz CT molecular complexity index is 1100. The number of rotatable bonds is 6. The SMILES string of the molecule is O=C(CCc1ncc(-c2c(F)cccc2F)o1)Nc1ccc(-n2ccnc2)nc1. The van der Waals surface area contributed by atoms with E-state index in [1.54, 1.807) is 35.4 Å². The van der Waals surface area contributed by atoms with Gasteiger partial charge in [0.1, 0.15) is 23.8 Å². The number of nitrogens with one attached hydrogen (secondary N) is 1. The highest BCUT2D eigenvalue weighted by molar-refractivity contribution is 5.90. The number of carbonyl (C=O) groups excluding carboxylic acids is 1. The molecule has 7 nitrogen and oxygen atoms in total. The second-order valence-corrected chi connectivity index (χ2v) is 6.14. The Morgan fingerprint density at radius 3 is 2.62 bits per heavy atom. The zero-order valence-corrected chi connectivity index (χ0v) is 15.0. The van der Waals surface area contributed by atoms with E-state index in [-0.39, 0.29) is 36.0 Å². The van der Waals surface area contributed by atoms with Crippen LogP contribution in [0, 0.1) is 11.6 Å². The summed E-state index contributed by atoms with van der Waals surface area (Å²) in [4.78, 5) is 24.3. The predicted molar refractivity (Wildman–Crippen MR) is 100 cm³/mol. The van der Waals surface area contributed by atoms with Gasteiger partial charge in [0, 0.05) is 25.2 Å². The number of benzene rings is 1. The van der Waals surface area contributed by atoms with Gasteiger partial charge in [-0.15, -0.1) is 0 Å². The lowest BCUT2D eigenvalue weighted by molar-refractivity contribution is -0.116. The zero-order chi connectivity index (χ0) is 20.2. The molecule has 3 aromatic heterocycles. The minimum Gasteiger partial charge on any atom is -0.441 e. The summed E-state index contributed by atoms with van der Waals surface area (Å²) in [7, 11) is 0. The average Bonchev–Trinajstić information content (AvgIpc) is 3.39. The summed E-state index contributed by atoms with van der Waals surface area (Å²) >= 11 is 0. The third kappa shape index (κ3) is 4.18. The molecule has 4 aromatic rings. The van der Waals surface area contributed by atoms with Crippen LogP contribution in [0.25, 0.3) is 17.1 Å². The lowest BCUT2D eigenvalue weighted by Crippen LogP contribution is -2.12. The molecule has 9 heteroatoms. The second kappa shape index (κ2) is 8.01. The lowest BCUT2D eigenvalue weighted by Gasteiger charge is -2.06. The standard InChI is InChI=1S/C20H15F2N5O2/c21-14-2-1-3-15(22)20(14)16-11-25-19(29-16)7-6-18(28)26-13-4-5-17(24-10-13)27-9-8-23-12-27/h1-5,8-12H,6-7H2,(H,26,28). The van der Waals surface area contributed by atoms with Crippen molar-refractivity contribution in [2.75, 3.05) is 5.32 Å². The maximum absolute atomic E-state index is 13.8. The number of hydrogen-bond donors (Lipinski definition) is 1. The maximum atomic E-state index is 13.8. The number of nitrogens with zero attached hydrogens (tertiary/aromatic N) is 4. The Hall–Kier alpha value is -3.88. The van der Waals surface area contributed by atoms with Gasteiger partial charge >= 0.3 is 0 Å². The molecular weight excluding hydrogens is 380 g/mol. The van der Waals surface area contributed by atoms with Crippen molar-refractivity contribution >= 4 is 11.6 Å². The minimum atomic E-state index is -0.739. The first-order chi connectivity index (χ1) is 14.1. The van der Waals surface area contributed by atoms with E-state index in [0.717, 1.165) is 12.1 Å². The molecule has 4 rings (SSSR count). The van der Waals surface area contributed by atoms with Crippen LogP contribution in [0.2, 0.25) is 0 Å². The van der Waals surface area contributed by atoms with Crippen LogP contribution in [0.1, 0.15) is 12.3 Å². The highest BCUT2D eigenvalue weighted by atomic mass is 19.1. The molecule has 1 aromatic carbocycles. The molecule has 3 heterocycles. The highest BCUT2D eigenvalue weighted by Gasteiger charge is 2.16. The summed E-state index contributed by atoms with van der Waals surface area (Å²) in [5.41, 5.74) is 0.264. The van der Waals surface area contributed by atoms with Crippen molar-refractivity contribution in [3.05, 3.63) is 79.0 Å². The smallest absolute Gasteiger partial charge is 0.224 e. The summed E-state index contributed by atoms with van der Waals surface area (Å²) < 4.78 is 34.8. The van der Waals surface area contributed by atoms with E-state index in [1.165, 1.54) is 18.5 Å². The van der Waals surface area contributed by atoms with Crippen molar-refractivity contribution in [2.24, 2.45) is 0 Å². The summed E-state index contributed by atoms with van der Waals surface area (Å²) in [5, 5.41) is 2.73. The molecule has 146 valence electrons. The van der Waals surface area contributed by atoms with E-state index < -0.39 is 11.6 Å². The van der Waals surface area contributed by atoms with Crippen molar-refractivity contribution < 1.29 is 18.0 Å². The largest absolute Gasteiger partial charge is 0.441 e. The van der Waals surface area contributed by atoms with Crippen LogP contribution in [0.5, 0.6) is 0 Å². The number of aryl methyl sites for hydroxylation is 1. The van der Waals surface area contributed by atoms with Crippen molar-refractivity contribution in [3.8, 4) is 17.1 Å². The van der Waals surface area contributed by atoms with Crippen LogP contribution in [0.15, 0.2) is 65.9 Å². The van der Waals surface area contributed by atoms with E-state index in [0.29, 0.717) is 11.5 Å². The molecule has 29 heavy (non-hydrogen) atoms. The first-order valence-electron chi connectivity index (χ1n) is 8.73. The van der Waals surface area contributed by atoms with Gasteiger partial charge in [0.2, 0.25) is 5.91 Å². The number of hydrogen-bond acceptors (Lipinski definition) is 5. The van der Waals surface area contributed by atoms with E-state index in [9.17, 15) is 13.6 Å². The number of carbonyl (C=O) groups is 1. The van der Waals surface area contributed by atoms with E-state index in [2.05, 4.69) is 20.3 Å². The fraction of sp³-hybridized carbons (Fsp3) is 0.100. The third-order valence-electron chi connectivity index (χ3n) is 4.13. The van der Waals surface area contributed by atoms with Gasteiger partial charge in [0.15, 0.2) is 11.7 Å². The Kier molecular flexibility index (Phi) is 5.10. The monoisotopic (exact) mass is 395 g/mol. The first kappa shape index (κ1) is 18.5. The van der Waals surface area contributed by atoms with Gasteiger partial charge in [-0.2, -0.15) is 0 Å². The molecule has 0 aliphatic rings. The molecule has 0 saturated heterocycles. The minimum absolute atomic E-state index is 0.0182. The molecule has 0 radical (unpaired) electrons. The summed E-state index contributed by atoms with van der Waals surface area (Å²) in [6.45, 7) is 0. The number of pyridine rings is 1. The van der Waals surface area contributed by atoms with Crippen LogP contribution in [0.3, 0.4) is 0 Å². The molecule has 0 spiro atoms. The Morgan fingerprint density at radius 2 is 1.93 bits per heavy atom. The van der Waals surface area contributed by atoms with E-state index in [4.69, 9.17) is 4.42 Å². The van der Waals surface area contributed by atoms with Crippen LogP contribution >= 0.6 is 0 Å². The van der Waals surface area contributed by atoms with Crippen molar-refractivity contribution in [3.63, 3.8) is 0 Å². The van der Waals surface area contributed by atoms with Crippen LogP contribution in [-0.4, -0.2) is 25.4 Å². The molecule has 0 unspecified atom stereocenters. The van der Waals surface area contributed by atoms with Gasteiger partial charge in [-0.05, 0) is 24.3 Å². The van der Waals surface area contributed by atoms with E-state index >= 15 is 0 Å². The lowest BCUT2D eigenvalue weighted by atomic mass is 10.1. The first-order valence-corrected chi connectivity index (χ1v) is 8.73. The van der Waals surface area contributed by atoms with Gasteiger partial charge in [-0.3, -0.25) is 9.36 Å². The highest BCUT2D eigenvalue weighted by Crippen LogP contribution is 2.26. The molecule has 0 saturated carbocycles. The average molecular weight is 395 g/mol. The van der Waals surface area contributed by atoms with Gasteiger partial charge in [0.05, 0.1) is 23.6 Å². The fourth-order valence-electron chi connectivity index (χ4n) is 2.73. The Balaban J connectivity index is 1.35. The zero-order valence-electron chi connectivity index (χ0n) is 15.0. The summed E-state index contributed by atoms with van der Waals surface area (Å²) in [6, 6.07) is 7.03. The number of halogens is 2. The second-order valence-electron chi connectivity index (χ2n) is 6.14. The fourth-order valence-corrected chi connectivity index (χ4v) is 2.73. The Morgan fingerprint density at radius 1 is 1.10 bits per heavy atom. The van der Waals surface area contributed by atoms with Crippen LogP contribution < -0.4 is 5.32 Å². The summed E-state index contributed by atoms with van der Waals surface area (Å²) in [5.74, 6) is -0.872. The van der Waals surface area contributed by atoms with Gasteiger partial charge < -0.3 is 9.73 Å². The number of oxazole rings is 1. The van der Waals surface area contributed by atoms with Crippen LogP contribution in [0.4, 0.5) is 14.5 Å². The third-order valence-corrected chi connectivity index (χ3v) is 4.13. The van der Waals surface area contributed by atoms with E-state index in [1.807, 2.05) is 0 Å². The molecule has 0 aliphatic heterocycles. The molecule has 0 aliphatic carbocycles. The van der Waals surface area contributed by atoms with Crippen molar-refractivity contribution in [1.82, 2.24) is 19.5 Å². The quantitative estimate of drug-likeness (QED) is 0.537. The maximum Gasteiger partial charge on any atom is 0.224 e. The summed E-state index contributed by atoms with van der Waals surface area (Å²) in [6.07, 6.45) is 8.08. The topological polar surface area (TPSA) is 85.8 Å².